The SMILES string of the molecule is COc1ccc([C@@H]2CC(c3cccs3)=NN2C(=O)C[NH+]2CCCCC2)cc1. The van der Waals surface area contributed by atoms with Gasteiger partial charge in [-0.1, -0.05) is 18.2 Å². The number of ether oxygens (including phenoxy) is 1. The van der Waals surface area contributed by atoms with E-state index in [0.717, 1.165) is 41.4 Å². The molecule has 1 amide bonds. The van der Waals surface area contributed by atoms with E-state index in [2.05, 4.69) is 11.4 Å². The number of likely N-dealkylation sites (tertiary alicyclic amines) is 1. The second-order valence-corrected chi connectivity index (χ2v) is 8.19. The third-order valence-electron chi connectivity index (χ3n) is 5.43. The summed E-state index contributed by atoms with van der Waals surface area (Å²) in [5.74, 6) is 0.950. The Morgan fingerprint density at radius 1 is 1.22 bits per heavy atom. The Labute approximate surface area is 164 Å². The zero-order chi connectivity index (χ0) is 18.6. The standard InChI is InChI=1S/C21H25N3O2S/c1-26-17-9-7-16(8-10-17)19-14-18(20-6-5-13-27-20)22-24(19)21(25)15-23-11-3-2-4-12-23/h5-10,13,19H,2-4,11-12,14-15H2,1H3/p+1/t19-/m0/s1. The van der Waals surface area contributed by atoms with E-state index in [1.54, 1.807) is 23.5 Å². The molecule has 0 spiro atoms. The van der Waals surface area contributed by atoms with Gasteiger partial charge < -0.3 is 9.64 Å². The third kappa shape index (κ3) is 4.06. The van der Waals surface area contributed by atoms with Crippen molar-refractivity contribution >= 4 is 23.0 Å². The van der Waals surface area contributed by atoms with Crippen LogP contribution in [0.5, 0.6) is 5.75 Å². The van der Waals surface area contributed by atoms with E-state index in [1.165, 1.54) is 24.2 Å². The summed E-state index contributed by atoms with van der Waals surface area (Å²) in [6.07, 6.45) is 4.48. The molecule has 2 aliphatic rings. The van der Waals surface area contributed by atoms with Crippen molar-refractivity contribution in [1.82, 2.24) is 5.01 Å². The molecule has 0 aliphatic carbocycles. The number of hydrogen-bond acceptors (Lipinski definition) is 4. The van der Waals surface area contributed by atoms with E-state index < -0.39 is 0 Å². The van der Waals surface area contributed by atoms with Gasteiger partial charge >= 0.3 is 0 Å². The van der Waals surface area contributed by atoms with Crippen molar-refractivity contribution in [2.24, 2.45) is 5.10 Å². The van der Waals surface area contributed by atoms with Crippen LogP contribution in [0, 0.1) is 0 Å². The molecule has 0 saturated carbocycles. The molecular formula is C21H26N3O2S+. The lowest BCUT2D eigenvalue weighted by Gasteiger charge is -2.27. The monoisotopic (exact) mass is 384 g/mol. The lowest BCUT2D eigenvalue weighted by molar-refractivity contribution is -0.897. The number of benzene rings is 1. The molecule has 3 heterocycles. The molecule has 27 heavy (non-hydrogen) atoms. The highest BCUT2D eigenvalue weighted by molar-refractivity contribution is 7.12. The maximum absolute atomic E-state index is 13.1. The first-order valence-electron chi connectivity index (χ1n) is 9.65. The van der Waals surface area contributed by atoms with Crippen LogP contribution in [0.15, 0.2) is 46.9 Å². The predicted molar refractivity (Wildman–Crippen MR) is 107 cm³/mol. The summed E-state index contributed by atoms with van der Waals surface area (Å²) in [4.78, 5) is 15.6. The molecule has 0 radical (unpaired) electrons. The quantitative estimate of drug-likeness (QED) is 0.861. The molecule has 0 bridgehead atoms. The van der Waals surface area contributed by atoms with Crippen LogP contribution in [0.3, 0.4) is 0 Å². The highest BCUT2D eigenvalue weighted by atomic mass is 32.1. The molecule has 1 N–H and O–H groups in total. The number of carbonyl (C=O) groups excluding carboxylic acids is 1. The van der Waals surface area contributed by atoms with Crippen LogP contribution in [0.25, 0.3) is 0 Å². The smallest absolute Gasteiger partial charge is 0.298 e. The number of nitrogens with one attached hydrogen (secondary N) is 1. The van der Waals surface area contributed by atoms with Crippen molar-refractivity contribution in [2.45, 2.75) is 31.7 Å². The Hall–Kier alpha value is -2.18. The van der Waals surface area contributed by atoms with Crippen molar-refractivity contribution < 1.29 is 14.4 Å². The fourth-order valence-electron chi connectivity index (χ4n) is 3.94. The molecule has 2 aliphatic heterocycles. The summed E-state index contributed by atoms with van der Waals surface area (Å²) < 4.78 is 5.28. The minimum atomic E-state index is -0.0373. The van der Waals surface area contributed by atoms with Gasteiger partial charge in [-0.15, -0.1) is 11.3 Å². The highest BCUT2D eigenvalue weighted by Gasteiger charge is 2.35. The number of thiophene rings is 1. The highest BCUT2D eigenvalue weighted by Crippen LogP contribution is 2.34. The maximum Gasteiger partial charge on any atom is 0.298 e. The zero-order valence-electron chi connectivity index (χ0n) is 15.7. The van der Waals surface area contributed by atoms with Crippen LogP contribution in [0.2, 0.25) is 0 Å². The van der Waals surface area contributed by atoms with Gasteiger partial charge in [0.05, 0.1) is 36.8 Å². The number of nitrogens with zero attached hydrogens (tertiary/aromatic N) is 2. The van der Waals surface area contributed by atoms with Crippen molar-refractivity contribution in [1.29, 1.82) is 0 Å². The average Bonchev–Trinajstić information content (AvgIpc) is 3.39. The van der Waals surface area contributed by atoms with E-state index in [0.29, 0.717) is 6.54 Å². The molecule has 1 atom stereocenters. The molecule has 1 aromatic carbocycles. The van der Waals surface area contributed by atoms with Crippen molar-refractivity contribution in [2.75, 3.05) is 26.7 Å². The molecule has 0 unspecified atom stereocenters. The Morgan fingerprint density at radius 3 is 2.67 bits per heavy atom. The Balaban J connectivity index is 1.57. The number of amides is 1. The first kappa shape index (κ1) is 18.2. The molecular weight excluding hydrogens is 358 g/mol. The zero-order valence-corrected chi connectivity index (χ0v) is 16.5. The summed E-state index contributed by atoms with van der Waals surface area (Å²) in [5, 5.41) is 8.56. The number of hydrogen-bond donors (Lipinski definition) is 1. The van der Waals surface area contributed by atoms with Crippen LogP contribution in [-0.2, 0) is 4.79 Å². The lowest BCUT2D eigenvalue weighted by atomic mass is 10.0. The summed E-state index contributed by atoms with van der Waals surface area (Å²) in [7, 11) is 1.67. The lowest BCUT2D eigenvalue weighted by Crippen LogP contribution is -3.13. The minimum absolute atomic E-state index is 0.0373. The normalized spacial score (nSPS) is 20.6. The average molecular weight is 385 g/mol. The van der Waals surface area contributed by atoms with Crippen molar-refractivity contribution in [3.63, 3.8) is 0 Å². The largest absolute Gasteiger partial charge is 0.497 e. The molecule has 4 rings (SSSR count). The summed E-state index contributed by atoms with van der Waals surface area (Å²) in [5.41, 5.74) is 2.11. The minimum Gasteiger partial charge on any atom is -0.497 e. The van der Waals surface area contributed by atoms with Crippen LogP contribution < -0.4 is 9.64 Å². The number of carbonyl (C=O) groups is 1. The van der Waals surface area contributed by atoms with Crippen molar-refractivity contribution in [3.8, 4) is 5.75 Å². The van der Waals surface area contributed by atoms with E-state index in [-0.39, 0.29) is 11.9 Å². The molecule has 1 saturated heterocycles. The third-order valence-corrected chi connectivity index (χ3v) is 6.35. The first-order chi connectivity index (χ1) is 13.2. The molecule has 1 fully saturated rings. The maximum atomic E-state index is 13.1. The van der Waals surface area contributed by atoms with Crippen LogP contribution in [0.1, 0.15) is 42.2 Å². The predicted octanol–water partition coefficient (Wildman–Crippen LogP) is 2.50. The van der Waals surface area contributed by atoms with Gasteiger partial charge in [0.1, 0.15) is 5.75 Å². The van der Waals surface area contributed by atoms with Gasteiger partial charge in [-0.3, -0.25) is 4.79 Å². The number of rotatable bonds is 5. The number of methoxy groups -OCH3 is 1. The van der Waals surface area contributed by atoms with E-state index >= 15 is 0 Å². The molecule has 1 aromatic heterocycles. The second-order valence-electron chi connectivity index (χ2n) is 7.24. The molecule has 5 nitrogen and oxygen atoms in total. The summed E-state index contributed by atoms with van der Waals surface area (Å²) in [6.45, 7) is 2.72. The summed E-state index contributed by atoms with van der Waals surface area (Å²) in [6, 6.07) is 12.1. The second kappa shape index (κ2) is 8.23. The van der Waals surface area contributed by atoms with Gasteiger partial charge in [0.25, 0.3) is 5.91 Å². The van der Waals surface area contributed by atoms with Gasteiger partial charge in [0, 0.05) is 6.42 Å². The fraction of sp³-hybridized carbons (Fsp3) is 0.429. The van der Waals surface area contributed by atoms with Gasteiger partial charge in [-0.25, -0.2) is 5.01 Å². The van der Waals surface area contributed by atoms with Gasteiger partial charge in [-0.05, 0) is 48.4 Å². The Kier molecular flexibility index (Phi) is 5.55. The fourth-order valence-corrected chi connectivity index (χ4v) is 4.66. The van der Waals surface area contributed by atoms with Gasteiger partial charge in [0.15, 0.2) is 6.54 Å². The molecule has 6 heteroatoms. The van der Waals surface area contributed by atoms with E-state index in [4.69, 9.17) is 9.84 Å². The Morgan fingerprint density at radius 2 is 2.00 bits per heavy atom. The first-order valence-corrected chi connectivity index (χ1v) is 10.5. The molecule has 142 valence electrons. The van der Waals surface area contributed by atoms with E-state index in [1.807, 2.05) is 30.3 Å². The van der Waals surface area contributed by atoms with Crippen LogP contribution in [0.4, 0.5) is 0 Å². The summed E-state index contributed by atoms with van der Waals surface area (Å²) >= 11 is 1.68. The van der Waals surface area contributed by atoms with Crippen LogP contribution >= 0.6 is 11.3 Å². The Bertz CT molecular complexity index is 795. The number of piperidine rings is 1. The van der Waals surface area contributed by atoms with E-state index in [9.17, 15) is 4.79 Å². The number of quaternary nitrogens is 1. The molecule has 2 aromatic rings. The van der Waals surface area contributed by atoms with Crippen LogP contribution in [-0.4, -0.2) is 43.4 Å². The van der Waals surface area contributed by atoms with Crippen molar-refractivity contribution in [3.05, 3.63) is 52.2 Å². The van der Waals surface area contributed by atoms with Gasteiger partial charge in [-0.2, -0.15) is 5.10 Å². The van der Waals surface area contributed by atoms with Gasteiger partial charge in [0.2, 0.25) is 0 Å². The topological polar surface area (TPSA) is 46.3 Å². The number of hydrazone groups is 1.